The fourth-order valence-electron chi connectivity index (χ4n) is 2.44. The number of para-hydroxylation sites is 1. The minimum absolute atomic E-state index is 0.203. The Morgan fingerprint density at radius 3 is 2.48 bits per heavy atom. The number of β-amino-alcohol motifs (C(OH)–C–C–N with tert-alkyl or cyclic N) is 2. The number of halogens is 1. The highest BCUT2D eigenvalue weighted by atomic mass is 35.5. The molecule has 118 valence electrons. The van der Waals surface area contributed by atoms with Gasteiger partial charge in [0.05, 0.1) is 11.6 Å². The number of rotatable bonds is 7. The fraction of sp³-hybridized carbons (Fsp3) is 0.600. The highest BCUT2D eigenvalue weighted by Gasteiger charge is 2.19. The Kier molecular flexibility index (Phi) is 6.73. The molecule has 1 aromatic rings. The van der Waals surface area contributed by atoms with E-state index in [1.54, 1.807) is 12.1 Å². The van der Waals surface area contributed by atoms with Crippen LogP contribution in [-0.2, 0) is 0 Å². The molecule has 0 bridgehead atoms. The Labute approximate surface area is 130 Å². The molecule has 0 radical (unpaired) electrons. The van der Waals surface area contributed by atoms with Crippen molar-refractivity contribution in [2.24, 2.45) is 0 Å². The summed E-state index contributed by atoms with van der Waals surface area (Å²) in [6.07, 6.45) is -0.536. The average Bonchev–Trinajstić information content (AvgIpc) is 2.49. The van der Waals surface area contributed by atoms with Crippen molar-refractivity contribution in [1.82, 2.24) is 9.80 Å². The largest absolute Gasteiger partial charge is 0.489 e. The average molecular weight is 315 g/mol. The molecule has 1 heterocycles. The van der Waals surface area contributed by atoms with E-state index in [0.29, 0.717) is 17.3 Å². The first-order valence-corrected chi connectivity index (χ1v) is 7.68. The van der Waals surface area contributed by atoms with Gasteiger partial charge in [-0.05, 0) is 12.1 Å². The van der Waals surface area contributed by atoms with Gasteiger partial charge >= 0.3 is 0 Å². The van der Waals surface area contributed by atoms with Crippen LogP contribution in [0, 0.1) is 0 Å². The number of nitrogens with zero attached hydrogens (tertiary/aromatic N) is 2. The summed E-state index contributed by atoms with van der Waals surface area (Å²) in [5, 5.41) is 19.5. The Morgan fingerprint density at radius 2 is 1.81 bits per heavy atom. The van der Waals surface area contributed by atoms with E-state index < -0.39 is 6.10 Å². The lowest BCUT2D eigenvalue weighted by Gasteiger charge is -2.35. The zero-order chi connectivity index (χ0) is 15.1. The molecular formula is C15H23ClN2O3. The second-order valence-electron chi connectivity index (χ2n) is 5.26. The predicted octanol–water partition coefficient (Wildman–Crippen LogP) is 0.690. The number of hydrogen-bond donors (Lipinski definition) is 2. The van der Waals surface area contributed by atoms with Gasteiger partial charge in [-0.15, -0.1) is 0 Å². The van der Waals surface area contributed by atoms with Gasteiger partial charge in [0.25, 0.3) is 0 Å². The molecule has 1 atom stereocenters. The third kappa shape index (κ3) is 5.45. The SMILES string of the molecule is OCCN1CCN(CC(O)COc2ccccc2Cl)CC1. The zero-order valence-corrected chi connectivity index (χ0v) is 12.9. The molecule has 1 saturated heterocycles. The molecule has 1 unspecified atom stereocenters. The van der Waals surface area contributed by atoms with Crippen molar-refractivity contribution in [3.05, 3.63) is 29.3 Å². The summed E-state index contributed by atoms with van der Waals surface area (Å²) in [6.45, 7) is 5.43. The van der Waals surface area contributed by atoms with Crippen molar-refractivity contribution in [3.8, 4) is 5.75 Å². The van der Waals surface area contributed by atoms with Gasteiger partial charge in [-0.3, -0.25) is 9.80 Å². The first kappa shape index (κ1) is 16.5. The molecule has 1 fully saturated rings. The third-order valence-electron chi connectivity index (χ3n) is 3.62. The summed E-state index contributed by atoms with van der Waals surface area (Å²) in [7, 11) is 0. The second-order valence-corrected chi connectivity index (χ2v) is 5.67. The van der Waals surface area contributed by atoms with E-state index in [-0.39, 0.29) is 13.2 Å². The minimum atomic E-state index is -0.536. The van der Waals surface area contributed by atoms with Gasteiger partial charge in [-0.25, -0.2) is 0 Å². The Hall–Kier alpha value is -0.850. The standard InChI is InChI=1S/C15H23ClN2O3/c16-14-3-1-2-4-15(14)21-12-13(20)11-18-7-5-17(6-8-18)9-10-19/h1-4,13,19-20H,5-12H2. The maximum Gasteiger partial charge on any atom is 0.138 e. The Bertz CT molecular complexity index is 425. The molecule has 1 aliphatic heterocycles. The first-order chi connectivity index (χ1) is 10.2. The number of piperazine rings is 1. The van der Waals surface area contributed by atoms with Gasteiger partial charge < -0.3 is 14.9 Å². The smallest absolute Gasteiger partial charge is 0.138 e. The highest BCUT2D eigenvalue weighted by molar-refractivity contribution is 6.32. The molecule has 0 saturated carbocycles. The maximum absolute atomic E-state index is 10.1. The number of aliphatic hydroxyl groups is 2. The van der Waals surface area contributed by atoms with Crippen LogP contribution in [0.5, 0.6) is 5.75 Å². The van der Waals surface area contributed by atoms with Crippen LogP contribution in [0.15, 0.2) is 24.3 Å². The Balaban J connectivity index is 1.68. The molecule has 0 amide bonds. The monoisotopic (exact) mass is 314 g/mol. The van der Waals surface area contributed by atoms with E-state index in [0.717, 1.165) is 32.7 Å². The van der Waals surface area contributed by atoms with E-state index in [2.05, 4.69) is 9.80 Å². The molecule has 0 aliphatic carbocycles. The third-order valence-corrected chi connectivity index (χ3v) is 3.93. The quantitative estimate of drug-likeness (QED) is 0.775. The summed E-state index contributed by atoms with van der Waals surface area (Å²) < 4.78 is 5.55. The summed E-state index contributed by atoms with van der Waals surface area (Å²) >= 11 is 6.00. The van der Waals surface area contributed by atoms with Crippen molar-refractivity contribution >= 4 is 11.6 Å². The minimum Gasteiger partial charge on any atom is -0.489 e. The van der Waals surface area contributed by atoms with E-state index in [4.69, 9.17) is 21.4 Å². The van der Waals surface area contributed by atoms with Crippen LogP contribution < -0.4 is 4.74 Å². The molecule has 21 heavy (non-hydrogen) atoms. The van der Waals surface area contributed by atoms with Crippen molar-refractivity contribution in [2.75, 3.05) is 52.5 Å². The fourth-order valence-corrected chi connectivity index (χ4v) is 2.63. The van der Waals surface area contributed by atoms with Crippen LogP contribution in [0.4, 0.5) is 0 Å². The van der Waals surface area contributed by atoms with Gasteiger partial charge in [0.1, 0.15) is 18.5 Å². The lowest BCUT2D eigenvalue weighted by molar-refractivity contribution is 0.0429. The molecule has 0 spiro atoms. The molecular weight excluding hydrogens is 292 g/mol. The molecule has 1 aliphatic rings. The summed E-state index contributed by atoms with van der Waals surface area (Å²) in [5.41, 5.74) is 0. The molecule has 0 aromatic heterocycles. The van der Waals surface area contributed by atoms with Gasteiger partial charge in [-0.2, -0.15) is 0 Å². The van der Waals surface area contributed by atoms with E-state index in [1.807, 2.05) is 12.1 Å². The van der Waals surface area contributed by atoms with Gasteiger partial charge in [0, 0.05) is 39.3 Å². The van der Waals surface area contributed by atoms with Gasteiger partial charge in [0.2, 0.25) is 0 Å². The molecule has 5 nitrogen and oxygen atoms in total. The van der Waals surface area contributed by atoms with E-state index in [9.17, 15) is 5.11 Å². The van der Waals surface area contributed by atoms with Crippen LogP contribution in [0.1, 0.15) is 0 Å². The van der Waals surface area contributed by atoms with Gasteiger partial charge in [0.15, 0.2) is 0 Å². The first-order valence-electron chi connectivity index (χ1n) is 7.30. The maximum atomic E-state index is 10.1. The van der Waals surface area contributed by atoms with E-state index >= 15 is 0 Å². The predicted molar refractivity (Wildman–Crippen MR) is 82.9 cm³/mol. The van der Waals surface area contributed by atoms with Crippen molar-refractivity contribution < 1.29 is 14.9 Å². The number of hydrogen-bond acceptors (Lipinski definition) is 5. The lowest BCUT2D eigenvalue weighted by Crippen LogP contribution is -2.49. The van der Waals surface area contributed by atoms with Crippen LogP contribution in [-0.4, -0.2) is 78.6 Å². The molecule has 2 rings (SSSR count). The summed E-state index contributed by atoms with van der Waals surface area (Å²) in [4.78, 5) is 4.44. The number of aliphatic hydroxyl groups excluding tert-OH is 2. The molecule has 1 aromatic carbocycles. The van der Waals surface area contributed by atoms with Crippen LogP contribution >= 0.6 is 11.6 Å². The second kappa shape index (κ2) is 8.56. The number of ether oxygens (including phenoxy) is 1. The van der Waals surface area contributed by atoms with Gasteiger partial charge in [-0.1, -0.05) is 23.7 Å². The summed E-state index contributed by atoms with van der Waals surface area (Å²) in [5.74, 6) is 0.603. The van der Waals surface area contributed by atoms with Crippen LogP contribution in [0.2, 0.25) is 5.02 Å². The highest BCUT2D eigenvalue weighted by Crippen LogP contribution is 2.23. The molecule has 6 heteroatoms. The lowest BCUT2D eigenvalue weighted by atomic mass is 10.2. The van der Waals surface area contributed by atoms with Crippen molar-refractivity contribution in [3.63, 3.8) is 0 Å². The van der Waals surface area contributed by atoms with E-state index in [1.165, 1.54) is 0 Å². The number of benzene rings is 1. The Morgan fingerprint density at radius 1 is 1.14 bits per heavy atom. The summed E-state index contributed by atoms with van der Waals surface area (Å²) in [6, 6.07) is 7.26. The molecule has 2 N–H and O–H groups in total. The topological polar surface area (TPSA) is 56.2 Å². The van der Waals surface area contributed by atoms with Crippen LogP contribution in [0.3, 0.4) is 0 Å². The van der Waals surface area contributed by atoms with Crippen molar-refractivity contribution in [2.45, 2.75) is 6.10 Å². The normalized spacial score (nSPS) is 18.6. The van der Waals surface area contributed by atoms with Crippen molar-refractivity contribution in [1.29, 1.82) is 0 Å². The van der Waals surface area contributed by atoms with Crippen LogP contribution in [0.25, 0.3) is 0 Å². The zero-order valence-electron chi connectivity index (χ0n) is 12.1.